The second kappa shape index (κ2) is 6.72. The molecular weight excluding hydrogens is 334 g/mol. The summed E-state index contributed by atoms with van der Waals surface area (Å²) in [5, 5.41) is 0.618. The van der Waals surface area contributed by atoms with Crippen molar-refractivity contribution in [3.63, 3.8) is 0 Å². The first-order valence-electron chi connectivity index (χ1n) is 7.03. The molecule has 6 heteroatoms. The Morgan fingerprint density at radius 3 is 2.26 bits per heavy atom. The Kier molecular flexibility index (Phi) is 5.12. The summed E-state index contributed by atoms with van der Waals surface area (Å²) in [7, 11) is -1.56. The van der Waals surface area contributed by atoms with Crippen molar-refractivity contribution in [2.45, 2.75) is 17.9 Å². The minimum absolute atomic E-state index is 0.157. The van der Waals surface area contributed by atoms with Gasteiger partial charge in [-0.15, -0.1) is 0 Å². The molecule has 2 aromatic rings. The Balaban J connectivity index is 2.22. The summed E-state index contributed by atoms with van der Waals surface area (Å²) in [6, 6.07) is 13.1. The molecule has 0 saturated carbocycles. The molecule has 0 fully saturated rings. The number of sulfone groups is 1. The molecule has 4 nitrogen and oxygen atoms in total. The van der Waals surface area contributed by atoms with E-state index in [0.29, 0.717) is 10.6 Å². The number of amides is 1. The highest BCUT2D eigenvalue weighted by atomic mass is 35.5. The van der Waals surface area contributed by atoms with Crippen molar-refractivity contribution in [3.8, 4) is 0 Å². The molecule has 1 unspecified atom stereocenters. The Morgan fingerprint density at radius 2 is 1.74 bits per heavy atom. The second-order valence-corrected chi connectivity index (χ2v) is 7.90. The van der Waals surface area contributed by atoms with Gasteiger partial charge in [0, 0.05) is 23.9 Å². The van der Waals surface area contributed by atoms with E-state index in [0.717, 1.165) is 11.8 Å². The van der Waals surface area contributed by atoms with E-state index in [1.54, 1.807) is 18.0 Å². The number of carbonyl (C=O) groups is 1. The van der Waals surface area contributed by atoms with Crippen molar-refractivity contribution >= 4 is 27.3 Å². The van der Waals surface area contributed by atoms with E-state index in [2.05, 4.69) is 0 Å². The van der Waals surface area contributed by atoms with Crippen LogP contribution in [0.1, 0.15) is 28.9 Å². The quantitative estimate of drug-likeness (QED) is 0.846. The molecule has 0 bridgehead atoms. The first-order valence-corrected chi connectivity index (χ1v) is 9.30. The van der Waals surface area contributed by atoms with Crippen molar-refractivity contribution < 1.29 is 13.2 Å². The Labute approximate surface area is 141 Å². The molecule has 23 heavy (non-hydrogen) atoms. The van der Waals surface area contributed by atoms with Gasteiger partial charge in [0.1, 0.15) is 0 Å². The van der Waals surface area contributed by atoms with Crippen LogP contribution < -0.4 is 0 Å². The average Bonchev–Trinajstić information content (AvgIpc) is 2.52. The van der Waals surface area contributed by atoms with Crippen LogP contribution >= 0.6 is 11.6 Å². The maximum Gasteiger partial charge on any atom is 0.254 e. The zero-order valence-electron chi connectivity index (χ0n) is 13.2. The molecule has 1 atom stereocenters. The third-order valence-electron chi connectivity index (χ3n) is 3.76. The fourth-order valence-electron chi connectivity index (χ4n) is 2.21. The van der Waals surface area contributed by atoms with Crippen LogP contribution in [0.3, 0.4) is 0 Å². The van der Waals surface area contributed by atoms with E-state index >= 15 is 0 Å². The summed E-state index contributed by atoms with van der Waals surface area (Å²) in [6.07, 6.45) is 1.14. The topological polar surface area (TPSA) is 54.5 Å². The van der Waals surface area contributed by atoms with Crippen molar-refractivity contribution in [2.75, 3.05) is 13.3 Å². The van der Waals surface area contributed by atoms with Crippen molar-refractivity contribution in [3.05, 3.63) is 64.7 Å². The van der Waals surface area contributed by atoms with Crippen molar-refractivity contribution in [1.82, 2.24) is 4.90 Å². The molecular formula is C17H18ClNO3S. The number of halogens is 1. The van der Waals surface area contributed by atoms with Crippen molar-refractivity contribution in [2.24, 2.45) is 0 Å². The van der Waals surface area contributed by atoms with Crippen LogP contribution in [0.2, 0.25) is 5.02 Å². The Bertz CT molecular complexity index is 816. The van der Waals surface area contributed by atoms with Gasteiger partial charge in [-0.2, -0.15) is 0 Å². The van der Waals surface area contributed by atoms with E-state index in [1.807, 2.05) is 25.1 Å². The van der Waals surface area contributed by atoms with Crippen molar-refractivity contribution in [1.29, 1.82) is 0 Å². The van der Waals surface area contributed by atoms with Gasteiger partial charge in [0.05, 0.1) is 10.9 Å². The highest BCUT2D eigenvalue weighted by Crippen LogP contribution is 2.23. The van der Waals surface area contributed by atoms with E-state index in [1.165, 1.54) is 24.3 Å². The number of hydrogen-bond donors (Lipinski definition) is 0. The monoisotopic (exact) mass is 351 g/mol. The molecule has 0 spiro atoms. The van der Waals surface area contributed by atoms with Crippen LogP contribution in [-0.2, 0) is 9.84 Å². The minimum atomic E-state index is -3.27. The lowest BCUT2D eigenvalue weighted by Gasteiger charge is -2.25. The van der Waals surface area contributed by atoms with E-state index < -0.39 is 9.84 Å². The summed E-state index contributed by atoms with van der Waals surface area (Å²) < 4.78 is 22.9. The van der Waals surface area contributed by atoms with Gasteiger partial charge in [-0.3, -0.25) is 4.79 Å². The fourth-order valence-corrected chi connectivity index (χ4v) is 3.04. The first-order chi connectivity index (χ1) is 10.7. The van der Waals surface area contributed by atoms with Gasteiger partial charge in [0.2, 0.25) is 0 Å². The van der Waals surface area contributed by atoms with Crippen LogP contribution in [0, 0.1) is 0 Å². The predicted octanol–water partition coefficient (Wildman–Crippen LogP) is 3.58. The minimum Gasteiger partial charge on any atom is -0.335 e. The van der Waals surface area contributed by atoms with Gasteiger partial charge < -0.3 is 4.90 Å². The number of carbonyl (C=O) groups excluding carboxylic acids is 1. The molecule has 0 aromatic heterocycles. The predicted molar refractivity (Wildman–Crippen MR) is 91.5 cm³/mol. The fraction of sp³-hybridized carbons (Fsp3) is 0.235. The van der Waals surface area contributed by atoms with Gasteiger partial charge in [-0.05, 0) is 48.9 Å². The SMILES string of the molecule is CC(c1cccc(Cl)c1)N(C)C(=O)c1ccc(S(C)(=O)=O)cc1. The zero-order chi connectivity index (χ0) is 17.2. The normalized spacial score (nSPS) is 12.7. The van der Waals surface area contributed by atoms with Gasteiger partial charge in [-0.1, -0.05) is 23.7 Å². The number of rotatable bonds is 4. The largest absolute Gasteiger partial charge is 0.335 e. The Morgan fingerprint density at radius 1 is 1.13 bits per heavy atom. The number of benzene rings is 2. The number of nitrogens with zero attached hydrogens (tertiary/aromatic N) is 1. The summed E-state index contributed by atoms with van der Waals surface area (Å²) in [5.41, 5.74) is 1.37. The van der Waals surface area contributed by atoms with E-state index in [9.17, 15) is 13.2 Å². The Hall–Kier alpha value is -1.85. The molecule has 0 radical (unpaired) electrons. The average molecular weight is 352 g/mol. The van der Waals surface area contributed by atoms with E-state index in [-0.39, 0.29) is 16.8 Å². The van der Waals surface area contributed by atoms with E-state index in [4.69, 9.17) is 11.6 Å². The summed E-state index contributed by atoms with van der Waals surface area (Å²) in [4.78, 5) is 14.3. The van der Waals surface area contributed by atoms with Crippen LogP contribution in [0.5, 0.6) is 0 Å². The van der Waals surface area contributed by atoms with Crippen LogP contribution in [0.4, 0.5) is 0 Å². The maximum absolute atomic E-state index is 12.5. The third-order valence-corrected chi connectivity index (χ3v) is 5.13. The van der Waals surface area contributed by atoms with Crippen LogP contribution in [0.15, 0.2) is 53.4 Å². The molecule has 122 valence electrons. The number of hydrogen-bond acceptors (Lipinski definition) is 3. The van der Waals surface area contributed by atoms with Gasteiger partial charge >= 0.3 is 0 Å². The lowest BCUT2D eigenvalue weighted by Crippen LogP contribution is -2.29. The molecule has 0 aliphatic rings. The molecule has 0 saturated heterocycles. The third kappa shape index (κ3) is 4.12. The molecule has 1 amide bonds. The van der Waals surface area contributed by atoms with Gasteiger partial charge in [-0.25, -0.2) is 8.42 Å². The van der Waals surface area contributed by atoms with Crippen LogP contribution in [-0.4, -0.2) is 32.5 Å². The van der Waals surface area contributed by atoms with Crippen LogP contribution in [0.25, 0.3) is 0 Å². The molecule has 0 N–H and O–H groups in total. The standard InChI is InChI=1S/C17H18ClNO3S/c1-12(14-5-4-6-15(18)11-14)19(2)17(20)13-7-9-16(10-8-13)23(3,21)22/h4-12H,1-3H3. The molecule has 2 aromatic carbocycles. The molecule has 2 rings (SSSR count). The summed E-state index contributed by atoms with van der Waals surface area (Å²) >= 11 is 5.99. The second-order valence-electron chi connectivity index (χ2n) is 5.44. The lowest BCUT2D eigenvalue weighted by atomic mass is 10.1. The highest BCUT2D eigenvalue weighted by Gasteiger charge is 2.19. The molecule has 0 heterocycles. The summed E-state index contributed by atoms with van der Waals surface area (Å²) in [6.45, 7) is 1.91. The smallest absolute Gasteiger partial charge is 0.254 e. The van der Waals surface area contributed by atoms with Gasteiger partial charge in [0.25, 0.3) is 5.91 Å². The zero-order valence-corrected chi connectivity index (χ0v) is 14.7. The first kappa shape index (κ1) is 17.5. The molecule has 0 aliphatic carbocycles. The van der Waals surface area contributed by atoms with Gasteiger partial charge in [0.15, 0.2) is 9.84 Å². The highest BCUT2D eigenvalue weighted by molar-refractivity contribution is 7.90. The summed E-state index contributed by atoms with van der Waals surface area (Å²) in [5.74, 6) is -0.183. The maximum atomic E-state index is 12.5. The lowest BCUT2D eigenvalue weighted by molar-refractivity contribution is 0.0742. The molecule has 0 aliphatic heterocycles.